The molecule has 1 fully saturated rings. The Morgan fingerprint density at radius 1 is 1.45 bits per heavy atom. The Hall–Kier alpha value is -1.56. The molecular formula is C16H16ClNO3S. The molecule has 2 heterocycles. The fourth-order valence-corrected chi connectivity index (χ4v) is 3.07. The van der Waals surface area contributed by atoms with Crippen molar-refractivity contribution in [2.75, 3.05) is 18.5 Å². The average molecular weight is 338 g/mol. The lowest BCUT2D eigenvalue weighted by atomic mass is 10.2. The van der Waals surface area contributed by atoms with Gasteiger partial charge >= 0.3 is 0 Å². The molecule has 116 valence electrons. The number of halogens is 1. The summed E-state index contributed by atoms with van der Waals surface area (Å²) in [7, 11) is 0. The number of nitrogens with one attached hydrogen (secondary N) is 1. The Kier molecular flexibility index (Phi) is 4.97. The Morgan fingerprint density at radius 2 is 2.36 bits per heavy atom. The number of ether oxygens (including phenoxy) is 2. The summed E-state index contributed by atoms with van der Waals surface area (Å²) in [6.07, 6.45) is 2.19. The SMILES string of the molecule is O=C(Nc1cc(Cl)ccc1OCC1CCCO1)c1cccs1. The molecule has 1 atom stereocenters. The van der Waals surface area contributed by atoms with Crippen LogP contribution in [0.2, 0.25) is 5.02 Å². The summed E-state index contributed by atoms with van der Waals surface area (Å²) in [5.41, 5.74) is 0.573. The second-order valence-electron chi connectivity index (χ2n) is 5.02. The van der Waals surface area contributed by atoms with Gasteiger partial charge in [0.15, 0.2) is 0 Å². The molecule has 1 aromatic heterocycles. The van der Waals surface area contributed by atoms with Crippen molar-refractivity contribution in [2.45, 2.75) is 18.9 Å². The summed E-state index contributed by atoms with van der Waals surface area (Å²) in [6, 6.07) is 8.82. The first-order valence-electron chi connectivity index (χ1n) is 7.11. The Balaban J connectivity index is 1.71. The predicted molar refractivity (Wildman–Crippen MR) is 88.2 cm³/mol. The Morgan fingerprint density at radius 3 is 3.09 bits per heavy atom. The normalized spacial score (nSPS) is 17.4. The van der Waals surface area contributed by atoms with E-state index in [0.29, 0.717) is 27.9 Å². The van der Waals surface area contributed by atoms with Crippen LogP contribution in [0.15, 0.2) is 35.7 Å². The van der Waals surface area contributed by atoms with E-state index in [1.165, 1.54) is 11.3 Å². The second kappa shape index (κ2) is 7.13. The number of thiophene rings is 1. The largest absolute Gasteiger partial charge is 0.489 e. The molecule has 6 heteroatoms. The standard InChI is InChI=1S/C16H16ClNO3S/c17-11-5-6-14(21-10-12-3-1-7-20-12)13(9-11)18-16(19)15-4-2-8-22-15/h2,4-6,8-9,12H,1,3,7,10H2,(H,18,19). The van der Waals surface area contributed by atoms with Gasteiger partial charge in [0, 0.05) is 11.6 Å². The summed E-state index contributed by atoms with van der Waals surface area (Å²) in [5, 5.41) is 5.26. The molecule has 0 radical (unpaired) electrons. The van der Waals surface area contributed by atoms with E-state index in [-0.39, 0.29) is 12.0 Å². The lowest BCUT2D eigenvalue weighted by Crippen LogP contribution is -2.17. The van der Waals surface area contributed by atoms with E-state index in [1.807, 2.05) is 11.4 Å². The van der Waals surface area contributed by atoms with E-state index in [2.05, 4.69) is 5.32 Å². The van der Waals surface area contributed by atoms with Gasteiger partial charge in [-0.05, 0) is 42.5 Å². The number of hydrogen-bond acceptors (Lipinski definition) is 4. The van der Waals surface area contributed by atoms with Crippen LogP contribution in [0.5, 0.6) is 5.75 Å². The third-order valence-corrected chi connectivity index (χ3v) is 4.49. The zero-order valence-corrected chi connectivity index (χ0v) is 13.5. The van der Waals surface area contributed by atoms with Gasteiger partial charge in [-0.2, -0.15) is 0 Å². The van der Waals surface area contributed by atoms with E-state index in [9.17, 15) is 4.79 Å². The van der Waals surface area contributed by atoms with Gasteiger partial charge in [-0.25, -0.2) is 0 Å². The smallest absolute Gasteiger partial charge is 0.265 e. The van der Waals surface area contributed by atoms with E-state index >= 15 is 0 Å². The van der Waals surface area contributed by atoms with Gasteiger partial charge in [0.25, 0.3) is 5.91 Å². The highest BCUT2D eigenvalue weighted by Crippen LogP contribution is 2.29. The van der Waals surface area contributed by atoms with Crippen LogP contribution >= 0.6 is 22.9 Å². The fourth-order valence-electron chi connectivity index (χ4n) is 2.28. The quantitative estimate of drug-likeness (QED) is 0.889. The van der Waals surface area contributed by atoms with Crippen molar-refractivity contribution >= 4 is 34.5 Å². The van der Waals surface area contributed by atoms with Crippen molar-refractivity contribution in [2.24, 2.45) is 0 Å². The minimum atomic E-state index is -0.167. The van der Waals surface area contributed by atoms with Crippen LogP contribution in [0.1, 0.15) is 22.5 Å². The average Bonchev–Trinajstić information content (AvgIpc) is 3.20. The fraction of sp³-hybridized carbons (Fsp3) is 0.312. The summed E-state index contributed by atoms with van der Waals surface area (Å²) in [4.78, 5) is 12.8. The molecule has 2 aromatic rings. The maximum atomic E-state index is 12.2. The second-order valence-corrected chi connectivity index (χ2v) is 6.40. The monoisotopic (exact) mass is 337 g/mol. The zero-order chi connectivity index (χ0) is 15.4. The zero-order valence-electron chi connectivity index (χ0n) is 11.9. The summed E-state index contributed by atoms with van der Waals surface area (Å²) >= 11 is 7.41. The maximum Gasteiger partial charge on any atom is 0.265 e. The maximum absolute atomic E-state index is 12.2. The number of amides is 1. The predicted octanol–water partition coefficient (Wildman–Crippen LogP) is 4.21. The molecule has 22 heavy (non-hydrogen) atoms. The Labute approximate surface area is 138 Å². The van der Waals surface area contributed by atoms with Gasteiger partial charge in [0.1, 0.15) is 12.4 Å². The van der Waals surface area contributed by atoms with Gasteiger partial charge in [0.05, 0.1) is 16.7 Å². The minimum absolute atomic E-state index is 0.122. The highest BCUT2D eigenvalue weighted by Gasteiger charge is 2.17. The molecule has 0 saturated carbocycles. The molecule has 0 bridgehead atoms. The highest BCUT2D eigenvalue weighted by molar-refractivity contribution is 7.12. The summed E-state index contributed by atoms with van der Waals surface area (Å²) in [5.74, 6) is 0.434. The van der Waals surface area contributed by atoms with Crippen molar-refractivity contribution in [3.05, 3.63) is 45.6 Å². The van der Waals surface area contributed by atoms with Crippen molar-refractivity contribution in [1.82, 2.24) is 0 Å². The molecule has 1 unspecified atom stereocenters. The summed E-state index contributed by atoms with van der Waals surface area (Å²) in [6.45, 7) is 1.26. The van der Waals surface area contributed by atoms with Crippen LogP contribution in [0.3, 0.4) is 0 Å². The Bertz CT molecular complexity index is 639. The van der Waals surface area contributed by atoms with Crippen LogP contribution < -0.4 is 10.1 Å². The number of hydrogen-bond donors (Lipinski definition) is 1. The summed E-state index contributed by atoms with van der Waals surface area (Å²) < 4.78 is 11.3. The molecular weight excluding hydrogens is 322 g/mol. The highest BCUT2D eigenvalue weighted by atomic mass is 35.5. The minimum Gasteiger partial charge on any atom is -0.489 e. The first-order chi connectivity index (χ1) is 10.7. The first kappa shape index (κ1) is 15.3. The van der Waals surface area contributed by atoms with Gasteiger partial charge < -0.3 is 14.8 Å². The van der Waals surface area contributed by atoms with Crippen LogP contribution in [0.25, 0.3) is 0 Å². The third-order valence-electron chi connectivity index (χ3n) is 3.38. The number of benzene rings is 1. The van der Waals surface area contributed by atoms with Crippen LogP contribution in [-0.4, -0.2) is 25.2 Å². The molecule has 0 spiro atoms. The first-order valence-corrected chi connectivity index (χ1v) is 8.37. The van der Waals surface area contributed by atoms with Crippen molar-refractivity contribution in [1.29, 1.82) is 0 Å². The van der Waals surface area contributed by atoms with Crippen molar-refractivity contribution < 1.29 is 14.3 Å². The third kappa shape index (κ3) is 3.80. The topological polar surface area (TPSA) is 47.6 Å². The van der Waals surface area contributed by atoms with Gasteiger partial charge in [-0.1, -0.05) is 17.7 Å². The van der Waals surface area contributed by atoms with Gasteiger partial charge in [0.2, 0.25) is 0 Å². The van der Waals surface area contributed by atoms with Gasteiger partial charge in [-0.3, -0.25) is 4.79 Å². The van der Waals surface area contributed by atoms with Gasteiger partial charge in [-0.15, -0.1) is 11.3 Å². The molecule has 1 aromatic carbocycles. The van der Waals surface area contributed by atoms with Crippen molar-refractivity contribution in [3.63, 3.8) is 0 Å². The lowest BCUT2D eigenvalue weighted by Gasteiger charge is -2.15. The molecule has 1 N–H and O–H groups in total. The van der Waals surface area contributed by atoms with E-state index in [1.54, 1.807) is 24.3 Å². The lowest BCUT2D eigenvalue weighted by molar-refractivity contribution is 0.0682. The van der Waals surface area contributed by atoms with Crippen molar-refractivity contribution in [3.8, 4) is 5.75 Å². The molecule has 1 aliphatic heterocycles. The molecule has 3 rings (SSSR count). The molecule has 4 nitrogen and oxygen atoms in total. The van der Waals surface area contributed by atoms with Crippen LogP contribution in [0, 0.1) is 0 Å². The molecule has 1 aliphatic rings. The van der Waals surface area contributed by atoms with Crippen LogP contribution in [0.4, 0.5) is 5.69 Å². The number of carbonyl (C=O) groups excluding carboxylic acids is 1. The molecule has 1 saturated heterocycles. The number of anilines is 1. The number of carbonyl (C=O) groups is 1. The molecule has 0 aliphatic carbocycles. The molecule has 1 amide bonds. The number of rotatable bonds is 5. The van der Waals surface area contributed by atoms with Crippen LogP contribution in [-0.2, 0) is 4.74 Å². The van der Waals surface area contributed by atoms with E-state index < -0.39 is 0 Å². The van der Waals surface area contributed by atoms with E-state index in [4.69, 9.17) is 21.1 Å². The van der Waals surface area contributed by atoms with E-state index in [0.717, 1.165) is 19.4 Å².